The van der Waals surface area contributed by atoms with E-state index < -0.39 is 0 Å². The highest BCUT2D eigenvalue weighted by Gasteiger charge is 2.16. The summed E-state index contributed by atoms with van der Waals surface area (Å²) in [6.07, 6.45) is 8.72. The van der Waals surface area contributed by atoms with Crippen molar-refractivity contribution in [2.75, 3.05) is 0 Å². The molecule has 0 unspecified atom stereocenters. The summed E-state index contributed by atoms with van der Waals surface area (Å²) in [4.78, 5) is 9.15. The molecule has 0 atom stereocenters. The van der Waals surface area contributed by atoms with Crippen LogP contribution in [-0.2, 0) is 0 Å². The van der Waals surface area contributed by atoms with Crippen LogP contribution in [0.3, 0.4) is 0 Å². The van der Waals surface area contributed by atoms with Gasteiger partial charge in [0.1, 0.15) is 0 Å². The Hall–Kier alpha value is -1.22. The zero-order chi connectivity index (χ0) is 12.4. The van der Waals surface area contributed by atoms with Crippen LogP contribution in [0.1, 0.15) is 48.7 Å². The molecule has 2 aromatic rings. The summed E-state index contributed by atoms with van der Waals surface area (Å²) in [5, 5.41) is 3.22. The van der Waals surface area contributed by atoms with E-state index in [9.17, 15) is 0 Å². The summed E-state index contributed by atoms with van der Waals surface area (Å²) >= 11 is 1.69. The molecule has 1 aliphatic carbocycles. The lowest BCUT2D eigenvalue weighted by Crippen LogP contribution is -2.06. The quantitative estimate of drug-likeness (QED) is 0.789. The van der Waals surface area contributed by atoms with Crippen LogP contribution in [-0.4, -0.2) is 9.97 Å². The van der Waals surface area contributed by atoms with Crippen molar-refractivity contribution in [3.8, 4) is 11.3 Å². The number of pyridine rings is 1. The molecule has 0 spiro atoms. The van der Waals surface area contributed by atoms with Gasteiger partial charge in [0.25, 0.3) is 0 Å². The van der Waals surface area contributed by atoms with Gasteiger partial charge >= 0.3 is 0 Å². The Labute approximate surface area is 112 Å². The van der Waals surface area contributed by atoms with Crippen LogP contribution in [0.2, 0.25) is 0 Å². The summed E-state index contributed by atoms with van der Waals surface area (Å²) < 4.78 is 0. The van der Waals surface area contributed by atoms with E-state index in [1.54, 1.807) is 11.3 Å². The van der Waals surface area contributed by atoms with E-state index in [2.05, 4.69) is 27.5 Å². The van der Waals surface area contributed by atoms with Crippen LogP contribution in [0.5, 0.6) is 0 Å². The number of nitrogens with zero attached hydrogens (tertiary/aromatic N) is 2. The van der Waals surface area contributed by atoms with Gasteiger partial charge in [-0.15, -0.1) is 11.3 Å². The van der Waals surface area contributed by atoms with Gasteiger partial charge < -0.3 is 0 Å². The molecule has 0 radical (unpaired) electrons. The molecule has 0 saturated heterocycles. The maximum atomic E-state index is 4.65. The second-order valence-corrected chi connectivity index (χ2v) is 6.12. The van der Waals surface area contributed by atoms with Gasteiger partial charge in [0.15, 0.2) is 0 Å². The summed E-state index contributed by atoms with van der Waals surface area (Å²) in [7, 11) is 0. The molecule has 2 heterocycles. The smallest absolute Gasteiger partial charge is 0.0901 e. The molecular formula is C15H18N2S. The third-order valence-corrected chi connectivity index (χ3v) is 4.50. The van der Waals surface area contributed by atoms with E-state index in [1.807, 2.05) is 13.1 Å². The summed E-state index contributed by atoms with van der Waals surface area (Å²) in [6.45, 7) is 2.04. The Morgan fingerprint density at radius 2 is 2.00 bits per heavy atom. The van der Waals surface area contributed by atoms with Gasteiger partial charge in [-0.25, -0.2) is 4.98 Å². The molecule has 0 amide bonds. The number of hydrogen-bond donors (Lipinski definition) is 0. The predicted molar refractivity (Wildman–Crippen MR) is 75.9 cm³/mol. The molecule has 0 aromatic carbocycles. The monoisotopic (exact) mass is 258 g/mol. The fourth-order valence-corrected chi connectivity index (χ4v) is 3.31. The van der Waals surface area contributed by atoms with Gasteiger partial charge in [0.05, 0.1) is 10.7 Å². The molecule has 0 bridgehead atoms. The first kappa shape index (κ1) is 11.8. The van der Waals surface area contributed by atoms with Crippen LogP contribution < -0.4 is 0 Å². The average molecular weight is 258 g/mol. The number of thiazole rings is 1. The third kappa shape index (κ3) is 2.46. The van der Waals surface area contributed by atoms with Crippen molar-refractivity contribution in [2.24, 2.45) is 0 Å². The summed E-state index contributed by atoms with van der Waals surface area (Å²) in [5.74, 6) is 0.685. The zero-order valence-electron chi connectivity index (χ0n) is 10.7. The van der Waals surface area contributed by atoms with Gasteiger partial charge in [-0.3, -0.25) is 4.98 Å². The molecule has 94 valence electrons. The fourth-order valence-electron chi connectivity index (χ4n) is 2.69. The summed E-state index contributed by atoms with van der Waals surface area (Å²) in [5.41, 5.74) is 3.46. The van der Waals surface area contributed by atoms with E-state index in [0.29, 0.717) is 5.92 Å². The van der Waals surface area contributed by atoms with Gasteiger partial charge in [-0.05, 0) is 31.9 Å². The Balaban J connectivity index is 1.80. The third-order valence-electron chi connectivity index (χ3n) is 3.72. The molecule has 1 saturated carbocycles. The number of hydrogen-bond acceptors (Lipinski definition) is 3. The molecule has 2 nitrogen and oxygen atoms in total. The van der Waals surface area contributed by atoms with Crippen molar-refractivity contribution in [1.29, 1.82) is 0 Å². The Morgan fingerprint density at radius 1 is 1.17 bits per heavy atom. The van der Waals surface area contributed by atoms with Crippen molar-refractivity contribution in [1.82, 2.24) is 9.97 Å². The number of rotatable bonds is 2. The number of aromatic nitrogens is 2. The minimum Gasteiger partial charge on any atom is -0.260 e. The normalized spacial score (nSPS) is 16.9. The van der Waals surface area contributed by atoms with E-state index in [0.717, 1.165) is 16.3 Å². The first-order chi connectivity index (χ1) is 8.83. The summed E-state index contributed by atoms with van der Waals surface area (Å²) in [6, 6.07) is 4.37. The molecule has 3 heteroatoms. The lowest BCUT2D eigenvalue weighted by molar-refractivity contribution is 0.437. The van der Waals surface area contributed by atoms with Gasteiger partial charge in [-0.2, -0.15) is 0 Å². The van der Waals surface area contributed by atoms with Crippen molar-refractivity contribution in [3.63, 3.8) is 0 Å². The minimum absolute atomic E-state index is 0.685. The van der Waals surface area contributed by atoms with Gasteiger partial charge in [-0.1, -0.05) is 19.3 Å². The maximum absolute atomic E-state index is 4.65. The molecule has 2 aromatic heterocycles. The van der Waals surface area contributed by atoms with E-state index in [-0.39, 0.29) is 0 Å². The van der Waals surface area contributed by atoms with Crippen LogP contribution in [0, 0.1) is 6.92 Å². The van der Waals surface area contributed by atoms with Crippen LogP contribution in [0.4, 0.5) is 0 Å². The maximum Gasteiger partial charge on any atom is 0.0901 e. The highest BCUT2D eigenvalue weighted by Crippen LogP contribution is 2.32. The van der Waals surface area contributed by atoms with E-state index in [1.165, 1.54) is 37.8 Å². The van der Waals surface area contributed by atoms with Gasteiger partial charge in [0, 0.05) is 28.8 Å². The van der Waals surface area contributed by atoms with Crippen molar-refractivity contribution < 1.29 is 0 Å². The molecular weight excluding hydrogens is 240 g/mol. The van der Waals surface area contributed by atoms with Crippen molar-refractivity contribution in [2.45, 2.75) is 44.9 Å². The van der Waals surface area contributed by atoms with Crippen molar-refractivity contribution in [3.05, 3.63) is 34.4 Å². The van der Waals surface area contributed by atoms with Crippen LogP contribution >= 0.6 is 11.3 Å². The largest absolute Gasteiger partial charge is 0.260 e. The first-order valence-electron chi connectivity index (χ1n) is 6.71. The highest BCUT2D eigenvalue weighted by atomic mass is 32.1. The standard InChI is InChI=1S/C15H18N2S/c1-11-17-15(10-18-11)13-7-8-14(16-9-13)12-5-3-2-4-6-12/h7-10,12H,2-6H2,1H3. The molecule has 1 aliphatic rings. The Bertz CT molecular complexity index is 510. The SMILES string of the molecule is Cc1nc(-c2ccc(C3CCCCC3)nc2)cs1. The van der Waals surface area contributed by atoms with Crippen LogP contribution in [0.15, 0.2) is 23.7 Å². The molecule has 1 fully saturated rings. The topological polar surface area (TPSA) is 25.8 Å². The minimum atomic E-state index is 0.685. The second-order valence-electron chi connectivity index (χ2n) is 5.06. The highest BCUT2D eigenvalue weighted by molar-refractivity contribution is 7.09. The lowest BCUT2D eigenvalue weighted by Gasteiger charge is -2.20. The van der Waals surface area contributed by atoms with Crippen LogP contribution in [0.25, 0.3) is 11.3 Å². The van der Waals surface area contributed by atoms with Crippen molar-refractivity contribution >= 4 is 11.3 Å². The van der Waals surface area contributed by atoms with E-state index >= 15 is 0 Å². The predicted octanol–water partition coefficient (Wildman–Crippen LogP) is 4.56. The molecule has 0 aliphatic heterocycles. The Kier molecular flexibility index (Phi) is 3.41. The molecule has 0 N–H and O–H groups in total. The van der Waals surface area contributed by atoms with Gasteiger partial charge in [0.2, 0.25) is 0 Å². The Morgan fingerprint density at radius 3 is 2.61 bits per heavy atom. The number of aryl methyl sites for hydroxylation is 1. The molecule has 18 heavy (non-hydrogen) atoms. The second kappa shape index (κ2) is 5.19. The average Bonchev–Trinajstić information content (AvgIpc) is 2.87. The zero-order valence-corrected chi connectivity index (χ0v) is 11.5. The van der Waals surface area contributed by atoms with E-state index in [4.69, 9.17) is 0 Å². The fraction of sp³-hybridized carbons (Fsp3) is 0.467. The first-order valence-corrected chi connectivity index (χ1v) is 7.59. The molecule has 3 rings (SSSR count). The lowest BCUT2D eigenvalue weighted by atomic mass is 9.86.